The second-order valence-corrected chi connectivity index (χ2v) is 12.5. The van der Waals surface area contributed by atoms with Gasteiger partial charge in [-0.25, -0.2) is 0 Å². The van der Waals surface area contributed by atoms with Gasteiger partial charge in [-0.15, -0.1) is 11.3 Å². The Labute approximate surface area is 245 Å². The third-order valence-corrected chi connectivity index (χ3v) is 9.83. The first-order valence-electron chi connectivity index (χ1n) is 14.2. The van der Waals surface area contributed by atoms with Crippen molar-refractivity contribution in [3.63, 3.8) is 0 Å². The van der Waals surface area contributed by atoms with Crippen molar-refractivity contribution in [3.05, 3.63) is 151 Å². The highest BCUT2D eigenvalue weighted by Gasteiger charge is 2.35. The van der Waals surface area contributed by atoms with Crippen molar-refractivity contribution in [2.45, 2.75) is 19.3 Å². The van der Waals surface area contributed by atoms with Crippen LogP contribution in [-0.2, 0) is 5.41 Å². The first kappa shape index (κ1) is 24.2. The first-order valence-corrected chi connectivity index (χ1v) is 15.0. The summed E-state index contributed by atoms with van der Waals surface area (Å²) in [6.45, 7) is 4.70. The summed E-state index contributed by atoms with van der Waals surface area (Å²) in [5.41, 5.74) is 11.4. The normalized spacial score (nSPS) is 13.3. The van der Waals surface area contributed by atoms with Gasteiger partial charge in [0.25, 0.3) is 0 Å². The molecule has 0 atom stereocenters. The van der Waals surface area contributed by atoms with E-state index in [1.165, 1.54) is 64.9 Å². The third kappa shape index (κ3) is 3.83. The molecular formula is C39H29NS. The van der Waals surface area contributed by atoms with Gasteiger partial charge in [0.1, 0.15) is 0 Å². The van der Waals surface area contributed by atoms with Crippen LogP contribution in [-0.4, -0.2) is 0 Å². The molecule has 0 radical (unpaired) electrons. The van der Waals surface area contributed by atoms with Gasteiger partial charge in [0.15, 0.2) is 0 Å². The number of benzene rings is 6. The molecule has 0 amide bonds. The van der Waals surface area contributed by atoms with Gasteiger partial charge in [0.05, 0.1) is 0 Å². The van der Waals surface area contributed by atoms with Crippen molar-refractivity contribution in [2.24, 2.45) is 0 Å². The van der Waals surface area contributed by atoms with Crippen LogP contribution in [0.4, 0.5) is 17.1 Å². The molecule has 0 N–H and O–H groups in total. The fourth-order valence-electron chi connectivity index (χ4n) is 6.57. The fourth-order valence-corrected chi connectivity index (χ4v) is 7.65. The number of hydrogen-bond donors (Lipinski definition) is 0. The topological polar surface area (TPSA) is 3.24 Å². The van der Waals surface area contributed by atoms with Crippen LogP contribution in [0.1, 0.15) is 25.0 Å². The zero-order chi connectivity index (χ0) is 27.6. The number of nitrogens with zero attached hydrogens (tertiary/aromatic N) is 1. The Hall–Kier alpha value is -4.66. The molecule has 6 aromatic carbocycles. The monoisotopic (exact) mass is 543 g/mol. The van der Waals surface area contributed by atoms with Gasteiger partial charge in [0, 0.05) is 42.6 Å². The van der Waals surface area contributed by atoms with E-state index in [0.717, 1.165) is 5.69 Å². The highest BCUT2D eigenvalue weighted by molar-refractivity contribution is 7.25. The fraction of sp³-hybridized carbons (Fsp3) is 0.0769. The minimum Gasteiger partial charge on any atom is -0.310 e. The molecule has 0 fully saturated rings. The van der Waals surface area contributed by atoms with Crippen LogP contribution >= 0.6 is 11.3 Å². The molecule has 0 saturated carbocycles. The SMILES string of the molecule is CC1(C)c2ccccc2-c2ccc(N(c3ccc(-c4ccccc4)cc3)c3ccc4sc5ccccc5c4c3)cc21. The van der Waals surface area contributed by atoms with Crippen molar-refractivity contribution in [1.29, 1.82) is 0 Å². The molecule has 1 nitrogen and oxygen atoms in total. The molecule has 2 heteroatoms. The van der Waals surface area contributed by atoms with E-state index >= 15 is 0 Å². The van der Waals surface area contributed by atoms with Crippen molar-refractivity contribution < 1.29 is 0 Å². The summed E-state index contributed by atoms with van der Waals surface area (Å²) in [4.78, 5) is 2.42. The van der Waals surface area contributed by atoms with Crippen LogP contribution in [0.25, 0.3) is 42.4 Å². The number of fused-ring (bicyclic) bond motifs is 6. The molecule has 1 aliphatic carbocycles. The maximum atomic E-state index is 2.42. The second-order valence-electron chi connectivity index (χ2n) is 11.4. The van der Waals surface area contributed by atoms with Gasteiger partial charge in [-0.3, -0.25) is 0 Å². The van der Waals surface area contributed by atoms with Gasteiger partial charge in [0.2, 0.25) is 0 Å². The molecule has 1 heterocycles. The predicted molar refractivity (Wildman–Crippen MR) is 177 cm³/mol. The molecular weight excluding hydrogens is 515 g/mol. The molecule has 41 heavy (non-hydrogen) atoms. The summed E-state index contributed by atoms with van der Waals surface area (Å²) in [5, 5.41) is 2.63. The third-order valence-electron chi connectivity index (χ3n) is 8.68. The second kappa shape index (κ2) is 9.19. The quantitative estimate of drug-likeness (QED) is 0.213. The number of anilines is 3. The Morgan fingerprint density at radius 1 is 0.463 bits per heavy atom. The van der Waals surface area contributed by atoms with Crippen molar-refractivity contribution in [2.75, 3.05) is 4.90 Å². The lowest BCUT2D eigenvalue weighted by Crippen LogP contribution is -2.16. The van der Waals surface area contributed by atoms with Gasteiger partial charge in [-0.1, -0.05) is 105 Å². The molecule has 0 saturated heterocycles. The Morgan fingerprint density at radius 3 is 1.93 bits per heavy atom. The molecule has 0 bridgehead atoms. The summed E-state index contributed by atoms with van der Waals surface area (Å²) in [6, 6.07) is 51.1. The van der Waals surface area contributed by atoms with E-state index in [-0.39, 0.29) is 5.41 Å². The standard InChI is InChI=1S/C39H29NS/c1-39(2)35-14-8-6-12-31(35)32-22-20-30(25-36(32)39)40(28-18-16-27(17-19-28)26-10-4-3-5-11-26)29-21-23-38-34(24-29)33-13-7-9-15-37(33)41-38/h3-25H,1-2H3. The average molecular weight is 544 g/mol. The van der Waals surface area contributed by atoms with E-state index in [1.807, 2.05) is 11.3 Å². The van der Waals surface area contributed by atoms with E-state index in [9.17, 15) is 0 Å². The largest absolute Gasteiger partial charge is 0.310 e. The lowest BCUT2D eigenvalue weighted by Gasteiger charge is -2.28. The maximum absolute atomic E-state index is 2.42. The highest BCUT2D eigenvalue weighted by Crippen LogP contribution is 2.51. The van der Waals surface area contributed by atoms with Gasteiger partial charge >= 0.3 is 0 Å². The predicted octanol–water partition coefficient (Wildman–Crippen LogP) is 11.5. The van der Waals surface area contributed by atoms with Gasteiger partial charge < -0.3 is 4.90 Å². The van der Waals surface area contributed by atoms with Crippen LogP contribution in [0.15, 0.2) is 140 Å². The summed E-state index contributed by atoms with van der Waals surface area (Å²) < 4.78 is 2.65. The Kier molecular flexibility index (Phi) is 5.42. The molecule has 7 aromatic rings. The first-order chi connectivity index (χ1) is 20.1. The smallest absolute Gasteiger partial charge is 0.0468 e. The molecule has 0 spiro atoms. The van der Waals surface area contributed by atoms with Crippen LogP contribution in [0.3, 0.4) is 0 Å². The van der Waals surface area contributed by atoms with E-state index in [4.69, 9.17) is 0 Å². The summed E-state index contributed by atoms with van der Waals surface area (Å²) in [7, 11) is 0. The Morgan fingerprint density at radius 2 is 1.07 bits per heavy atom. The van der Waals surface area contributed by atoms with Crippen LogP contribution in [0.2, 0.25) is 0 Å². The lowest BCUT2D eigenvalue weighted by atomic mass is 9.82. The summed E-state index contributed by atoms with van der Waals surface area (Å²) in [6.07, 6.45) is 0. The lowest BCUT2D eigenvalue weighted by molar-refractivity contribution is 0.660. The summed E-state index contributed by atoms with van der Waals surface area (Å²) in [5.74, 6) is 0. The minimum atomic E-state index is -0.0573. The molecule has 8 rings (SSSR count). The van der Waals surface area contributed by atoms with Crippen LogP contribution < -0.4 is 4.90 Å². The van der Waals surface area contributed by atoms with Gasteiger partial charge in [-0.05, 0) is 81.9 Å². The average Bonchev–Trinajstić information content (AvgIpc) is 3.50. The molecule has 1 aliphatic rings. The van der Waals surface area contributed by atoms with E-state index in [0.29, 0.717) is 0 Å². The zero-order valence-electron chi connectivity index (χ0n) is 23.1. The minimum absolute atomic E-state index is 0.0573. The van der Waals surface area contributed by atoms with E-state index in [2.05, 4.69) is 158 Å². The molecule has 196 valence electrons. The van der Waals surface area contributed by atoms with E-state index < -0.39 is 0 Å². The Balaban J connectivity index is 1.31. The van der Waals surface area contributed by atoms with Crippen LogP contribution in [0.5, 0.6) is 0 Å². The summed E-state index contributed by atoms with van der Waals surface area (Å²) >= 11 is 1.86. The zero-order valence-corrected chi connectivity index (χ0v) is 24.0. The van der Waals surface area contributed by atoms with Crippen molar-refractivity contribution in [1.82, 2.24) is 0 Å². The van der Waals surface area contributed by atoms with Gasteiger partial charge in [-0.2, -0.15) is 0 Å². The number of hydrogen-bond acceptors (Lipinski definition) is 2. The number of thiophene rings is 1. The van der Waals surface area contributed by atoms with E-state index in [1.54, 1.807) is 0 Å². The Bertz CT molecular complexity index is 2070. The molecule has 0 aliphatic heterocycles. The maximum Gasteiger partial charge on any atom is 0.0468 e. The number of rotatable bonds is 4. The molecule has 0 unspecified atom stereocenters. The van der Waals surface area contributed by atoms with Crippen molar-refractivity contribution >= 4 is 48.6 Å². The van der Waals surface area contributed by atoms with Crippen LogP contribution in [0, 0.1) is 0 Å². The molecule has 1 aromatic heterocycles. The highest BCUT2D eigenvalue weighted by atomic mass is 32.1. The van der Waals surface area contributed by atoms with Crippen molar-refractivity contribution in [3.8, 4) is 22.3 Å².